The van der Waals surface area contributed by atoms with Gasteiger partial charge < -0.3 is 10.3 Å². The minimum Gasteiger partial charge on any atom is -0.334 e. The van der Waals surface area contributed by atoms with Gasteiger partial charge in [-0.3, -0.25) is 5.10 Å². The maximum atomic E-state index is 6.39. The quantitative estimate of drug-likeness (QED) is 0.767. The standard InChI is InChI=1S/C16H16ClN5O/c17-12-6-2-1-5-10(12)13-11(9-19-21-13)14-20-15(22-23-14)16(18)7-3-4-8-16/h1-2,5-6,9H,3-4,7-8,18H2,(H,19,21). The lowest BCUT2D eigenvalue weighted by Crippen LogP contribution is -2.34. The molecule has 0 bridgehead atoms. The number of hydrogen-bond acceptors (Lipinski definition) is 5. The van der Waals surface area contributed by atoms with Crippen molar-refractivity contribution in [1.82, 2.24) is 20.3 Å². The zero-order chi connectivity index (χ0) is 15.9. The van der Waals surface area contributed by atoms with E-state index < -0.39 is 5.54 Å². The Morgan fingerprint density at radius 2 is 1.96 bits per heavy atom. The van der Waals surface area contributed by atoms with Crippen molar-refractivity contribution in [3.8, 4) is 22.7 Å². The number of halogens is 1. The number of nitrogens with zero attached hydrogens (tertiary/aromatic N) is 3. The van der Waals surface area contributed by atoms with Gasteiger partial charge in [0, 0.05) is 10.6 Å². The zero-order valence-electron chi connectivity index (χ0n) is 12.4. The summed E-state index contributed by atoms with van der Waals surface area (Å²) in [5, 5.41) is 11.8. The summed E-state index contributed by atoms with van der Waals surface area (Å²) in [5.41, 5.74) is 8.23. The van der Waals surface area contributed by atoms with E-state index in [-0.39, 0.29) is 0 Å². The number of aromatic amines is 1. The van der Waals surface area contributed by atoms with Gasteiger partial charge >= 0.3 is 0 Å². The molecule has 1 fully saturated rings. The van der Waals surface area contributed by atoms with Gasteiger partial charge in [-0.15, -0.1) is 0 Å². The molecule has 6 nitrogen and oxygen atoms in total. The Morgan fingerprint density at radius 1 is 1.17 bits per heavy atom. The summed E-state index contributed by atoms with van der Waals surface area (Å²) in [4.78, 5) is 4.52. The zero-order valence-corrected chi connectivity index (χ0v) is 13.2. The predicted octanol–water partition coefficient (Wildman–Crippen LogP) is 3.51. The number of H-pyrrole nitrogens is 1. The Bertz CT molecular complexity index is 834. The summed E-state index contributed by atoms with van der Waals surface area (Å²) in [6.45, 7) is 0. The molecule has 0 unspecified atom stereocenters. The molecule has 1 aliphatic carbocycles. The van der Waals surface area contributed by atoms with Crippen LogP contribution in [0.15, 0.2) is 35.0 Å². The molecule has 2 heterocycles. The van der Waals surface area contributed by atoms with Crippen LogP contribution in [0.3, 0.4) is 0 Å². The van der Waals surface area contributed by atoms with Gasteiger partial charge in [-0.05, 0) is 18.9 Å². The fourth-order valence-electron chi connectivity index (χ4n) is 3.08. The molecule has 1 aromatic carbocycles. The fourth-order valence-corrected chi connectivity index (χ4v) is 3.31. The Hall–Kier alpha value is -2.18. The van der Waals surface area contributed by atoms with Gasteiger partial charge in [0.25, 0.3) is 5.89 Å². The molecule has 7 heteroatoms. The normalized spacial score (nSPS) is 16.8. The molecule has 0 saturated heterocycles. The maximum absolute atomic E-state index is 6.39. The van der Waals surface area contributed by atoms with Crippen molar-refractivity contribution in [2.45, 2.75) is 31.2 Å². The Balaban J connectivity index is 1.75. The van der Waals surface area contributed by atoms with Gasteiger partial charge in [0.2, 0.25) is 0 Å². The molecule has 2 aromatic heterocycles. The third-order valence-corrected chi connectivity index (χ3v) is 4.71. The van der Waals surface area contributed by atoms with Crippen LogP contribution in [-0.4, -0.2) is 20.3 Å². The van der Waals surface area contributed by atoms with E-state index in [0.717, 1.165) is 42.5 Å². The smallest absolute Gasteiger partial charge is 0.261 e. The number of aromatic nitrogens is 4. The van der Waals surface area contributed by atoms with Crippen molar-refractivity contribution in [2.75, 3.05) is 0 Å². The minimum absolute atomic E-state index is 0.403. The lowest BCUT2D eigenvalue weighted by atomic mass is 9.98. The molecular weight excluding hydrogens is 314 g/mol. The fraction of sp³-hybridized carbons (Fsp3) is 0.312. The topological polar surface area (TPSA) is 93.6 Å². The largest absolute Gasteiger partial charge is 0.334 e. The number of nitrogens with two attached hydrogens (primary N) is 1. The SMILES string of the molecule is NC1(c2noc(-c3cn[nH]c3-c3ccccc3Cl)n2)CCCC1. The average Bonchev–Trinajstić information content (AvgIpc) is 3.27. The van der Waals surface area contributed by atoms with Crippen LogP contribution in [0.25, 0.3) is 22.7 Å². The second-order valence-corrected chi connectivity index (χ2v) is 6.33. The summed E-state index contributed by atoms with van der Waals surface area (Å²) >= 11 is 6.27. The number of rotatable bonds is 3. The maximum Gasteiger partial charge on any atom is 0.261 e. The van der Waals surface area contributed by atoms with Crippen LogP contribution in [0.2, 0.25) is 5.02 Å². The number of benzene rings is 1. The van der Waals surface area contributed by atoms with Gasteiger partial charge in [-0.1, -0.05) is 47.8 Å². The molecule has 4 rings (SSSR count). The van der Waals surface area contributed by atoms with Crippen LogP contribution in [0.5, 0.6) is 0 Å². The van der Waals surface area contributed by atoms with Gasteiger partial charge in [0.15, 0.2) is 5.82 Å². The van der Waals surface area contributed by atoms with E-state index in [9.17, 15) is 0 Å². The second kappa shape index (κ2) is 5.47. The highest BCUT2D eigenvalue weighted by Gasteiger charge is 2.36. The third-order valence-electron chi connectivity index (χ3n) is 4.38. The van der Waals surface area contributed by atoms with Crippen molar-refractivity contribution in [3.05, 3.63) is 41.3 Å². The van der Waals surface area contributed by atoms with Crippen LogP contribution < -0.4 is 5.73 Å². The molecule has 1 saturated carbocycles. The van der Waals surface area contributed by atoms with Crippen molar-refractivity contribution in [3.63, 3.8) is 0 Å². The van der Waals surface area contributed by atoms with Crippen molar-refractivity contribution in [1.29, 1.82) is 0 Å². The minimum atomic E-state index is -0.476. The average molecular weight is 330 g/mol. The number of nitrogens with one attached hydrogen (secondary N) is 1. The van der Waals surface area contributed by atoms with E-state index in [1.54, 1.807) is 6.20 Å². The summed E-state index contributed by atoms with van der Waals surface area (Å²) in [6, 6.07) is 7.54. The molecular formula is C16H16ClN5O. The summed E-state index contributed by atoms with van der Waals surface area (Å²) in [5.74, 6) is 0.969. The van der Waals surface area contributed by atoms with Crippen molar-refractivity contribution >= 4 is 11.6 Å². The highest BCUT2D eigenvalue weighted by atomic mass is 35.5. The Kier molecular flexibility index (Phi) is 3.43. The molecule has 0 atom stereocenters. The molecule has 3 aromatic rings. The second-order valence-electron chi connectivity index (χ2n) is 5.92. The molecule has 1 aliphatic rings. The number of hydrogen-bond donors (Lipinski definition) is 2. The molecule has 0 radical (unpaired) electrons. The highest BCUT2D eigenvalue weighted by molar-refractivity contribution is 6.33. The summed E-state index contributed by atoms with van der Waals surface area (Å²) in [7, 11) is 0. The van der Waals surface area contributed by atoms with E-state index in [0.29, 0.717) is 16.7 Å². The summed E-state index contributed by atoms with van der Waals surface area (Å²) < 4.78 is 5.44. The molecule has 0 spiro atoms. The van der Waals surface area contributed by atoms with E-state index in [1.165, 1.54) is 0 Å². The van der Waals surface area contributed by atoms with E-state index in [1.807, 2.05) is 24.3 Å². The van der Waals surface area contributed by atoms with Crippen LogP contribution in [0, 0.1) is 0 Å². The first kappa shape index (κ1) is 14.4. The van der Waals surface area contributed by atoms with Crippen LogP contribution >= 0.6 is 11.6 Å². The first-order valence-electron chi connectivity index (χ1n) is 7.59. The van der Waals surface area contributed by atoms with Crippen LogP contribution in [0.4, 0.5) is 0 Å². The molecule has 23 heavy (non-hydrogen) atoms. The lowest BCUT2D eigenvalue weighted by Gasteiger charge is -2.17. The van der Waals surface area contributed by atoms with Crippen molar-refractivity contribution in [2.24, 2.45) is 5.73 Å². The first-order chi connectivity index (χ1) is 11.2. The third kappa shape index (κ3) is 2.44. The van der Waals surface area contributed by atoms with E-state index >= 15 is 0 Å². The van der Waals surface area contributed by atoms with E-state index in [2.05, 4.69) is 20.3 Å². The molecule has 0 amide bonds. The van der Waals surface area contributed by atoms with Gasteiger partial charge in [0.1, 0.15) is 0 Å². The Morgan fingerprint density at radius 3 is 2.74 bits per heavy atom. The van der Waals surface area contributed by atoms with E-state index in [4.69, 9.17) is 21.9 Å². The van der Waals surface area contributed by atoms with Crippen LogP contribution in [-0.2, 0) is 5.54 Å². The van der Waals surface area contributed by atoms with Crippen molar-refractivity contribution < 1.29 is 4.52 Å². The molecule has 0 aliphatic heterocycles. The molecule has 3 N–H and O–H groups in total. The molecule has 118 valence electrons. The lowest BCUT2D eigenvalue weighted by molar-refractivity contribution is 0.372. The van der Waals surface area contributed by atoms with Gasteiger partial charge in [-0.2, -0.15) is 10.1 Å². The monoisotopic (exact) mass is 329 g/mol. The van der Waals surface area contributed by atoms with Crippen LogP contribution in [0.1, 0.15) is 31.5 Å². The highest BCUT2D eigenvalue weighted by Crippen LogP contribution is 2.37. The first-order valence-corrected chi connectivity index (χ1v) is 7.97. The van der Waals surface area contributed by atoms with Gasteiger partial charge in [-0.25, -0.2) is 0 Å². The summed E-state index contributed by atoms with van der Waals surface area (Å²) in [6.07, 6.45) is 5.62. The Labute approximate surface area is 138 Å². The van der Waals surface area contributed by atoms with Gasteiger partial charge in [0.05, 0.1) is 23.0 Å². The predicted molar refractivity (Wildman–Crippen MR) is 86.7 cm³/mol.